The van der Waals surface area contributed by atoms with Crippen LogP contribution in [0.25, 0.3) is 0 Å². The lowest BCUT2D eigenvalue weighted by Crippen LogP contribution is -2.47. The largest absolute Gasteiger partial charge is 0.411 e. The van der Waals surface area contributed by atoms with Crippen LogP contribution in [0.4, 0.5) is 0 Å². The smallest absolute Gasteiger partial charge is 0.200 e. The van der Waals surface area contributed by atoms with Crippen LogP contribution in [0.3, 0.4) is 0 Å². The first-order valence-corrected chi connectivity index (χ1v) is 10.5. The monoisotopic (exact) mass is 348 g/mol. The molecule has 1 aromatic heterocycles. The second kappa shape index (κ2) is 6.68. The topological polar surface area (TPSA) is 9.23 Å². The summed E-state index contributed by atoms with van der Waals surface area (Å²) < 4.78 is 7.71. The van der Waals surface area contributed by atoms with Crippen LogP contribution < -0.4 is 0 Å². The number of hydrogen-bond acceptors (Lipinski definition) is 2. The minimum Gasteiger partial charge on any atom is -0.411 e. The summed E-state index contributed by atoms with van der Waals surface area (Å²) in [6.45, 7) is 14.8. The predicted octanol–water partition coefficient (Wildman–Crippen LogP) is 6.20. The molecule has 0 atom stereocenters. The maximum atomic E-state index is 6.54. The molecule has 0 spiro atoms. The highest BCUT2D eigenvalue weighted by Crippen LogP contribution is 2.43. The maximum Gasteiger partial charge on any atom is 0.200 e. The molecular formula is C14H25BrOSSi. The third-order valence-electron chi connectivity index (χ3n) is 3.79. The fraction of sp³-hybridized carbons (Fsp3) is 0.714. The molecule has 0 amide bonds. The van der Waals surface area contributed by atoms with E-state index in [9.17, 15) is 0 Å². The average molecular weight is 349 g/mol. The third-order valence-corrected chi connectivity index (χ3v) is 11.5. The summed E-state index contributed by atoms with van der Waals surface area (Å²) >= 11 is 5.28. The molecule has 0 aliphatic rings. The molecule has 0 unspecified atom stereocenters. The number of rotatable bonds is 6. The van der Waals surface area contributed by atoms with Crippen LogP contribution in [0.15, 0.2) is 15.9 Å². The highest BCUT2D eigenvalue weighted by Gasteiger charge is 2.44. The van der Waals surface area contributed by atoms with E-state index in [1.807, 2.05) is 0 Å². The van der Waals surface area contributed by atoms with Gasteiger partial charge in [0.2, 0.25) is 8.32 Å². The summed E-state index contributed by atoms with van der Waals surface area (Å²) in [6, 6.07) is 2.17. The Morgan fingerprint density at radius 1 is 1.11 bits per heavy atom. The molecule has 0 fully saturated rings. The molecule has 1 heterocycles. The standard InChI is InChI=1S/C14H25BrOSSi/c1-10(2)18(11(3)4,12(5)6)16-8-14-7-13(15)9-17-14/h7,9-12H,8H2,1-6H3. The molecule has 0 aromatic carbocycles. The maximum absolute atomic E-state index is 6.54. The van der Waals surface area contributed by atoms with Crippen LogP contribution in [0, 0.1) is 0 Å². The summed E-state index contributed by atoms with van der Waals surface area (Å²) in [7, 11) is -1.71. The summed E-state index contributed by atoms with van der Waals surface area (Å²) in [4.78, 5) is 1.32. The Hall–Kier alpha value is 0.357. The summed E-state index contributed by atoms with van der Waals surface area (Å²) in [5.74, 6) is 0. The van der Waals surface area contributed by atoms with Crippen LogP contribution in [0.1, 0.15) is 46.4 Å². The van der Waals surface area contributed by atoms with Gasteiger partial charge in [-0.3, -0.25) is 0 Å². The van der Waals surface area contributed by atoms with Crippen molar-refractivity contribution >= 4 is 35.6 Å². The zero-order valence-electron chi connectivity index (χ0n) is 12.3. The molecule has 0 bridgehead atoms. The van der Waals surface area contributed by atoms with Crippen LogP contribution in [-0.2, 0) is 11.0 Å². The lowest BCUT2D eigenvalue weighted by Gasteiger charge is -2.42. The molecule has 1 aromatic rings. The zero-order valence-corrected chi connectivity index (χ0v) is 15.7. The van der Waals surface area contributed by atoms with Gasteiger partial charge in [0, 0.05) is 14.7 Å². The Morgan fingerprint density at radius 3 is 1.94 bits per heavy atom. The Balaban J connectivity index is 2.85. The van der Waals surface area contributed by atoms with Crippen LogP contribution >= 0.6 is 27.3 Å². The van der Waals surface area contributed by atoms with Crippen LogP contribution in [0.2, 0.25) is 16.6 Å². The quantitative estimate of drug-likeness (QED) is 0.555. The van der Waals surface area contributed by atoms with Crippen molar-refractivity contribution in [2.24, 2.45) is 0 Å². The fourth-order valence-corrected chi connectivity index (χ4v) is 10.00. The Kier molecular flexibility index (Phi) is 6.09. The van der Waals surface area contributed by atoms with Gasteiger partial charge in [-0.15, -0.1) is 11.3 Å². The molecule has 4 heteroatoms. The highest BCUT2D eigenvalue weighted by atomic mass is 79.9. The summed E-state index contributed by atoms with van der Waals surface area (Å²) in [5.41, 5.74) is 1.96. The minimum atomic E-state index is -1.71. The van der Waals surface area contributed by atoms with Gasteiger partial charge in [0.15, 0.2) is 0 Å². The molecular weight excluding hydrogens is 324 g/mol. The Bertz CT molecular complexity index is 352. The van der Waals surface area contributed by atoms with E-state index in [0.29, 0.717) is 16.6 Å². The molecule has 104 valence electrons. The predicted molar refractivity (Wildman–Crippen MR) is 87.9 cm³/mol. The molecule has 0 saturated heterocycles. The van der Waals surface area contributed by atoms with Gasteiger partial charge in [0.05, 0.1) is 6.61 Å². The highest BCUT2D eigenvalue weighted by molar-refractivity contribution is 9.10. The van der Waals surface area contributed by atoms with E-state index in [2.05, 4.69) is 68.9 Å². The number of thiophene rings is 1. The zero-order chi connectivity index (χ0) is 13.9. The van der Waals surface area contributed by atoms with E-state index >= 15 is 0 Å². The van der Waals surface area contributed by atoms with Gasteiger partial charge in [0.1, 0.15) is 0 Å². The van der Waals surface area contributed by atoms with E-state index in [1.165, 1.54) is 4.88 Å². The van der Waals surface area contributed by atoms with Crippen LogP contribution in [0.5, 0.6) is 0 Å². The first-order chi connectivity index (χ1) is 8.30. The SMILES string of the molecule is CC(C)[Si](OCc1cc(Br)cs1)(C(C)C)C(C)C. The van der Waals surface area contributed by atoms with Gasteiger partial charge in [0.25, 0.3) is 0 Å². The van der Waals surface area contributed by atoms with Crippen molar-refractivity contribution in [1.29, 1.82) is 0 Å². The molecule has 0 aliphatic heterocycles. The van der Waals surface area contributed by atoms with Crippen molar-refractivity contribution in [2.45, 2.75) is 64.8 Å². The van der Waals surface area contributed by atoms with Crippen molar-refractivity contribution in [3.05, 3.63) is 20.8 Å². The molecule has 18 heavy (non-hydrogen) atoms. The first-order valence-electron chi connectivity index (χ1n) is 6.67. The molecule has 0 N–H and O–H groups in total. The number of halogens is 1. The van der Waals surface area contributed by atoms with Gasteiger partial charge in [-0.25, -0.2) is 0 Å². The van der Waals surface area contributed by atoms with E-state index < -0.39 is 8.32 Å². The van der Waals surface area contributed by atoms with Crippen molar-refractivity contribution in [1.82, 2.24) is 0 Å². The normalized spacial score (nSPS) is 13.0. The van der Waals surface area contributed by atoms with Gasteiger partial charge in [-0.05, 0) is 38.6 Å². The molecule has 1 nitrogen and oxygen atoms in total. The van der Waals surface area contributed by atoms with E-state index in [-0.39, 0.29) is 0 Å². The lowest BCUT2D eigenvalue weighted by atomic mass is 10.5. The average Bonchev–Trinajstić information content (AvgIpc) is 2.63. The van der Waals surface area contributed by atoms with E-state index in [0.717, 1.165) is 11.1 Å². The van der Waals surface area contributed by atoms with Gasteiger partial charge < -0.3 is 4.43 Å². The van der Waals surface area contributed by atoms with Crippen LogP contribution in [-0.4, -0.2) is 8.32 Å². The lowest BCUT2D eigenvalue weighted by molar-refractivity contribution is 0.269. The minimum absolute atomic E-state index is 0.654. The first kappa shape index (κ1) is 16.4. The molecule has 0 radical (unpaired) electrons. The summed E-state index contributed by atoms with van der Waals surface area (Å²) in [6.07, 6.45) is 0. The van der Waals surface area contributed by atoms with Gasteiger partial charge in [-0.1, -0.05) is 41.5 Å². The van der Waals surface area contributed by atoms with Crippen molar-refractivity contribution in [3.63, 3.8) is 0 Å². The van der Waals surface area contributed by atoms with Gasteiger partial charge in [-0.2, -0.15) is 0 Å². The fourth-order valence-electron chi connectivity index (χ4n) is 3.13. The van der Waals surface area contributed by atoms with Crippen molar-refractivity contribution < 1.29 is 4.43 Å². The van der Waals surface area contributed by atoms with E-state index in [4.69, 9.17) is 4.43 Å². The van der Waals surface area contributed by atoms with Crippen molar-refractivity contribution in [2.75, 3.05) is 0 Å². The summed E-state index contributed by atoms with van der Waals surface area (Å²) in [5, 5.41) is 2.13. The van der Waals surface area contributed by atoms with Crippen molar-refractivity contribution in [3.8, 4) is 0 Å². The molecule has 0 saturated carbocycles. The number of hydrogen-bond donors (Lipinski definition) is 0. The second-order valence-electron chi connectivity index (χ2n) is 5.84. The van der Waals surface area contributed by atoms with E-state index in [1.54, 1.807) is 11.3 Å². The third kappa shape index (κ3) is 3.47. The molecule has 0 aliphatic carbocycles. The van der Waals surface area contributed by atoms with Gasteiger partial charge >= 0.3 is 0 Å². The molecule has 1 rings (SSSR count). The second-order valence-corrected chi connectivity index (χ2v) is 13.2. The Labute approximate surface area is 125 Å². The Morgan fingerprint density at radius 2 is 1.61 bits per heavy atom.